The number of hydrogen-bond acceptors (Lipinski definition) is 6. The molecule has 0 aliphatic carbocycles. The van der Waals surface area contributed by atoms with E-state index in [0.29, 0.717) is 34.9 Å². The number of nitro benzene ring substituents is 1. The molecule has 0 heterocycles. The van der Waals surface area contributed by atoms with Crippen molar-refractivity contribution in [2.24, 2.45) is 0 Å². The SMILES string of the molecule is N#C/C(=C\c1ccc(OCc2cccc([N+](=O)[O-])c2)cc1)C(=O)Nc1ccc(OCc2ccccc2)cc1. The smallest absolute Gasteiger partial charge is 0.269 e. The second-order valence-corrected chi connectivity index (χ2v) is 8.21. The number of ether oxygens (including phenoxy) is 2. The maximum absolute atomic E-state index is 12.6. The molecule has 0 spiro atoms. The summed E-state index contributed by atoms with van der Waals surface area (Å²) in [5.41, 5.74) is 2.84. The third-order valence-corrected chi connectivity index (χ3v) is 5.44. The molecule has 0 radical (unpaired) electrons. The number of rotatable bonds is 10. The number of nitriles is 1. The molecule has 0 aliphatic rings. The third kappa shape index (κ3) is 7.29. The topological polar surface area (TPSA) is 114 Å². The summed E-state index contributed by atoms with van der Waals surface area (Å²) in [7, 11) is 0. The number of benzene rings is 4. The number of carbonyl (C=O) groups is 1. The van der Waals surface area contributed by atoms with Crippen LogP contribution in [-0.4, -0.2) is 10.8 Å². The molecule has 0 saturated heterocycles. The van der Waals surface area contributed by atoms with Crippen LogP contribution >= 0.6 is 0 Å². The van der Waals surface area contributed by atoms with E-state index in [9.17, 15) is 20.2 Å². The predicted octanol–water partition coefficient (Wildman–Crippen LogP) is 6.30. The van der Waals surface area contributed by atoms with Crippen LogP contribution in [0.5, 0.6) is 11.5 Å². The summed E-state index contributed by atoms with van der Waals surface area (Å²) in [5.74, 6) is 0.679. The molecule has 0 unspecified atom stereocenters. The van der Waals surface area contributed by atoms with E-state index in [-0.39, 0.29) is 17.9 Å². The summed E-state index contributed by atoms with van der Waals surface area (Å²) in [6.45, 7) is 0.602. The second-order valence-electron chi connectivity index (χ2n) is 8.21. The van der Waals surface area contributed by atoms with Crippen LogP contribution in [0, 0.1) is 21.4 Å². The molecule has 0 aromatic heterocycles. The van der Waals surface area contributed by atoms with Gasteiger partial charge in [-0.2, -0.15) is 5.26 Å². The van der Waals surface area contributed by atoms with Crippen LogP contribution in [0.2, 0.25) is 0 Å². The molecule has 4 aromatic carbocycles. The zero-order chi connectivity index (χ0) is 26.7. The van der Waals surface area contributed by atoms with Crippen molar-refractivity contribution in [3.05, 3.63) is 136 Å². The van der Waals surface area contributed by atoms with Crippen molar-refractivity contribution in [3.63, 3.8) is 0 Å². The second kappa shape index (κ2) is 12.5. The maximum atomic E-state index is 12.6. The molecule has 38 heavy (non-hydrogen) atoms. The molecular formula is C30H23N3O5. The Morgan fingerprint density at radius 1 is 0.842 bits per heavy atom. The highest BCUT2D eigenvalue weighted by molar-refractivity contribution is 6.09. The number of carbonyl (C=O) groups excluding carboxylic acids is 1. The van der Waals surface area contributed by atoms with Gasteiger partial charge in [-0.15, -0.1) is 0 Å². The lowest BCUT2D eigenvalue weighted by Crippen LogP contribution is -2.13. The van der Waals surface area contributed by atoms with Crippen LogP contribution in [-0.2, 0) is 18.0 Å². The zero-order valence-corrected chi connectivity index (χ0v) is 20.2. The van der Waals surface area contributed by atoms with Gasteiger partial charge in [0.2, 0.25) is 0 Å². The van der Waals surface area contributed by atoms with E-state index >= 15 is 0 Å². The van der Waals surface area contributed by atoms with Gasteiger partial charge >= 0.3 is 0 Å². The van der Waals surface area contributed by atoms with E-state index in [0.717, 1.165) is 5.56 Å². The number of amides is 1. The van der Waals surface area contributed by atoms with E-state index in [1.807, 2.05) is 36.4 Å². The first-order chi connectivity index (χ1) is 18.5. The molecular weight excluding hydrogens is 482 g/mol. The fourth-order valence-electron chi connectivity index (χ4n) is 3.48. The number of anilines is 1. The minimum atomic E-state index is -0.531. The monoisotopic (exact) mass is 505 g/mol. The van der Waals surface area contributed by atoms with E-state index in [1.54, 1.807) is 60.7 Å². The Bertz CT molecular complexity index is 1480. The highest BCUT2D eigenvalue weighted by atomic mass is 16.6. The van der Waals surface area contributed by atoms with E-state index in [4.69, 9.17) is 9.47 Å². The highest BCUT2D eigenvalue weighted by Crippen LogP contribution is 2.20. The average Bonchev–Trinajstić information content (AvgIpc) is 2.95. The van der Waals surface area contributed by atoms with Gasteiger partial charge in [-0.1, -0.05) is 54.6 Å². The van der Waals surface area contributed by atoms with Gasteiger partial charge in [-0.3, -0.25) is 14.9 Å². The van der Waals surface area contributed by atoms with Gasteiger partial charge in [-0.05, 0) is 59.2 Å². The minimum Gasteiger partial charge on any atom is -0.489 e. The first-order valence-corrected chi connectivity index (χ1v) is 11.7. The van der Waals surface area contributed by atoms with Crippen molar-refractivity contribution in [2.45, 2.75) is 13.2 Å². The zero-order valence-electron chi connectivity index (χ0n) is 20.2. The molecule has 0 atom stereocenters. The summed E-state index contributed by atoms with van der Waals surface area (Å²) in [5, 5.41) is 23.1. The van der Waals surface area contributed by atoms with Gasteiger partial charge < -0.3 is 14.8 Å². The van der Waals surface area contributed by atoms with E-state index in [2.05, 4.69) is 5.32 Å². The van der Waals surface area contributed by atoms with Crippen LogP contribution in [0.4, 0.5) is 11.4 Å². The van der Waals surface area contributed by atoms with Crippen molar-refractivity contribution in [1.29, 1.82) is 5.26 Å². The van der Waals surface area contributed by atoms with E-state index < -0.39 is 10.8 Å². The third-order valence-electron chi connectivity index (χ3n) is 5.44. The summed E-state index contributed by atoms with van der Waals surface area (Å²) < 4.78 is 11.4. The maximum Gasteiger partial charge on any atom is 0.269 e. The lowest BCUT2D eigenvalue weighted by molar-refractivity contribution is -0.384. The fraction of sp³-hybridized carbons (Fsp3) is 0.0667. The van der Waals surface area contributed by atoms with Crippen LogP contribution < -0.4 is 14.8 Å². The Morgan fingerprint density at radius 2 is 1.45 bits per heavy atom. The molecule has 1 amide bonds. The standard InChI is InChI=1S/C30H23N3O5/c31-19-25(30(34)32-26-11-15-29(16-12-26)37-20-23-5-2-1-3-6-23)17-22-9-13-28(14-10-22)38-21-24-7-4-8-27(18-24)33(35)36/h1-18H,20-21H2,(H,32,34)/b25-17+. The van der Waals surface area contributed by atoms with Gasteiger partial charge in [0.05, 0.1) is 4.92 Å². The first kappa shape index (κ1) is 25.7. The Morgan fingerprint density at radius 3 is 2.08 bits per heavy atom. The number of hydrogen-bond donors (Lipinski definition) is 1. The van der Waals surface area contributed by atoms with Crippen LogP contribution in [0.25, 0.3) is 6.08 Å². The van der Waals surface area contributed by atoms with Gasteiger partial charge in [0.15, 0.2) is 0 Å². The number of nitrogens with one attached hydrogen (secondary N) is 1. The molecule has 1 N–H and O–H groups in total. The lowest BCUT2D eigenvalue weighted by atomic mass is 10.1. The number of nitro groups is 1. The van der Waals surface area contributed by atoms with E-state index in [1.165, 1.54) is 18.2 Å². The van der Waals surface area contributed by atoms with Gasteiger partial charge in [0.1, 0.15) is 36.4 Å². The molecule has 0 aliphatic heterocycles. The minimum absolute atomic E-state index is 0.00114. The molecule has 4 aromatic rings. The molecule has 0 saturated carbocycles. The Labute approximate surface area is 219 Å². The number of non-ortho nitro benzene ring substituents is 1. The Hall–Kier alpha value is -5.42. The fourth-order valence-corrected chi connectivity index (χ4v) is 3.48. The van der Waals surface area contributed by atoms with Gasteiger partial charge in [0, 0.05) is 17.8 Å². The summed E-state index contributed by atoms with van der Waals surface area (Å²) in [4.78, 5) is 23.1. The largest absolute Gasteiger partial charge is 0.489 e. The lowest BCUT2D eigenvalue weighted by Gasteiger charge is -2.09. The Kier molecular flexibility index (Phi) is 8.45. The van der Waals surface area contributed by atoms with Crippen molar-refractivity contribution < 1.29 is 19.2 Å². The van der Waals surface area contributed by atoms with Crippen LogP contribution in [0.15, 0.2) is 109 Å². The first-order valence-electron chi connectivity index (χ1n) is 11.7. The van der Waals surface area contributed by atoms with Crippen molar-refractivity contribution in [3.8, 4) is 17.6 Å². The van der Waals surface area contributed by atoms with Crippen molar-refractivity contribution in [1.82, 2.24) is 0 Å². The van der Waals surface area contributed by atoms with Crippen molar-refractivity contribution in [2.75, 3.05) is 5.32 Å². The van der Waals surface area contributed by atoms with Crippen LogP contribution in [0.1, 0.15) is 16.7 Å². The Balaban J connectivity index is 1.32. The molecule has 188 valence electrons. The average molecular weight is 506 g/mol. The molecule has 0 fully saturated rings. The number of nitrogens with zero attached hydrogens (tertiary/aromatic N) is 2. The van der Waals surface area contributed by atoms with Crippen LogP contribution in [0.3, 0.4) is 0 Å². The molecule has 0 bridgehead atoms. The predicted molar refractivity (Wildman–Crippen MR) is 143 cm³/mol. The summed E-state index contributed by atoms with van der Waals surface area (Å²) in [6, 6.07) is 31.7. The normalized spacial score (nSPS) is 10.8. The molecule has 8 nitrogen and oxygen atoms in total. The van der Waals surface area contributed by atoms with Gasteiger partial charge in [0.25, 0.3) is 11.6 Å². The summed E-state index contributed by atoms with van der Waals surface area (Å²) >= 11 is 0. The quantitative estimate of drug-likeness (QED) is 0.117. The molecule has 8 heteroatoms. The van der Waals surface area contributed by atoms with Crippen molar-refractivity contribution >= 4 is 23.4 Å². The molecule has 4 rings (SSSR count). The summed E-state index contributed by atoms with van der Waals surface area (Å²) in [6.07, 6.45) is 1.48. The van der Waals surface area contributed by atoms with Gasteiger partial charge in [-0.25, -0.2) is 0 Å². The highest BCUT2D eigenvalue weighted by Gasteiger charge is 2.10.